The standard InChI is InChI=1S/C8H8O4.2C2H4O2/c9-4-6-3-5(8(11)12)1-2-7(6)10;2*1-2(3)4/h1-3,9-10H,4H2,(H,11,12);2*1H3,(H,3,4). The van der Waals surface area contributed by atoms with Gasteiger partial charge in [-0.1, -0.05) is 0 Å². The van der Waals surface area contributed by atoms with E-state index in [0.717, 1.165) is 13.8 Å². The van der Waals surface area contributed by atoms with Crippen LogP contribution >= 0.6 is 0 Å². The third-order valence-electron chi connectivity index (χ3n) is 1.50. The monoisotopic (exact) mass is 288 g/mol. The molecule has 8 heteroatoms. The molecule has 0 heterocycles. The summed E-state index contributed by atoms with van der Waals surface area (Å²) in [5.74, 6) is -2.84. The van der Waals surface area contributed by atoms with Crippen molar-refractivity contribution in [2.24, 2.45) is 0 Å². The Labute approximate surface area is 114 Å². The van der Waals surface area contributed by atoms with Crippen LogP contribution in [0, 0.1) is 0 Å². The summed E-state index contributed by atoms with van der Waals surface area (Å²) >= 11 is 0. The van der Waals surface area contributed by atoms with Gasteiger partial charge < -0.3 is 25.5 Å². The lowest BCUT2D eigenvalue weighted by Crippen LogP contribution is -1.97. The Bertz CT molecular complexity index is 447. The number of hydrogen-bond acceptors (Lipinski definition) is 5. The number of aromatic hydroxyl groups is 1. The minimum atomic E-state index is -1.08. The lowest BCUT2D eigenvalue weighted by Gasteiger charge is -2.01. The minimum Gasteiger partial charge on any atom is -0.508 e. The third-order valence-corrected chi connectivity index (χ3v) is 1.50. The van der Waals surface area contributed by atoms with E-state index in [2.05, 4.69) is 0 Å². The summed E-state index contributed by atoms with van der Waals surface area (Å²) in [6.07, 6.45) is 0. The zero-order valence-corrected chi connectivity index (χ0v) is 10.9. The number of carboxylic acid groups (broad SMARTS) is 3. The zero-order chi connectivity index (χ0) is 16.3. The van der Waals surface area contributed by atoms with Crippen LogP contribution in [0.15, 0.2) is 18.2 Å². The summed E-state index contributed by atoms with van der Waals surface area (Å²) in [6.45, 7) is 1.80. The molecule has 0 aliphatic rings. The molecule has 0 aliphatic carbocycles. The van der Waals surface area contributed by atoms with Crippen molar-refractivity contribution in [2.45, 2.75) is 20.5 Å². The number of aliphatic hydroxyl groups excluding tert-OH is 1. The van der Waals surface area contributed by atoms with E-state index in [9.17, 15) is 4.79 Å². The Hall–Kier alpha value is -2.61. The lowest BCUT2D eigenvalue weighted by molar-refractivity contribution is -0.135. The maximum atomic E-state index is 10.4. The number of phenols is 1. The molecule has 5 N–H and O–H groups in total. The number of rotatable bonds is 2. The summed E-state index contributed by atoms with van der Waals surface area (Å²) in [5, 5.41) is 41.1. The molecule has 1 aromatic carbocycles. The van der Waals surface area contributed by atoms with Gasteiger partial charge in [-0.05, 0) is 18.2 Å². The van der Waals surface area contributed by atoms with Gasteiger partial charge in [0.15, 0.2) is 0 Å². The van der Waals surface area contributed by atoms with Gasteiger partial charge in [0.2, 0.25) is 0 Å². The van der Waals surface area contributed by atoms with Crippen LogP contribution < -0.4 is 0 Å². The van der Waals surface area contributed by atoms with E-state index in [1.165, 1.54) is 18.2 Å². The van der Waals surface area contributed by atoms with Gasteiger partial charge in [0.25, 0.3) is 11.9 Å². The van der Waals surface area contributed by atoms with Crippen molar-refractivity contribution < 1.29 is 39.9 Å². The second-order valence-corrected chi connectivity index (χ2v) is 3.34. The smallest absolute Gasteiger partial charge is 0.335 e. The van der Waals surface area contributed by atoms with Crippen LogP contribution in [0.5, 0.6) is 5.75 Å². The van der Waals surface area contributed by atoms with Crippen molar-refractivity contribution >= 4 is 17.9 Å². The fourth-order valence-electron chi connectivity index (χ4n) is 0.845. The van der Waals surface area contributed by atoms with Crippen LogP contribution in [0.2, 0.25) is 0 Å². The van der Waals surface area contributed by atoms with Crippen molar-refractivity contribution in [3.8, 4) is 5.75 Å². The van der Waals surface area contributed by atoms with Gasteiger partial charge in [0.05, 0.1) is 12.2 Å². The highest BCUT2D eigenvalue weighted by atomic mass is 16.4. The molecule has 0 fully saturated rings. The van der Waals surface area contributed by atoms with Crippen molar-refractivity contribution in [3.63, 3.8) is 0 Å². The number of carboxylic acids is 3. The van der Waals surface area contributed by atoms with Crippen molar-refractivity contribution in [1.82, 2.24) is 0 Å². The van der Waals surface area contributed by atoms with Gasteiger partial charge >= 0.3 is 5.97 Å². The maximum Gasteiger partial charge on any atom is 0.335 e. The van der Waals surface area contributed by atoms with E-state index in [-0.39, 0.29) is 23.5 Å². The number of aliphatic hydroxyl groups is 1. The van der Waals surface area contributed by atoms with Crippen molar-refractivity contribution in [3.05, 3.63) is 29.3 Å². The summed E-state index contributed by atoms with van der Waals surface area (Å²) in [6, 6.07) is 3.75. The zero-order valence-electron chi connectivity index (χ0n) is 10.9. The number of carbonyl (C=O) groups is 3. The average molecular weight is 288 g/mol. The Balaban J connectivity index is 0. The molecule has 0 atom stereocenters. The molecule has 0 unspecified atom stereocenters. The molecule has 0 saturated carbocycles. The first-order valence-corrected chi connectivity index (χ1v) is 5.16. The number of aromatic carboxylic acids is 1. The molecule has 0 aliphatic heterocycles. The quantitative estimate of drug-likeness (QED) is 0.534. The summed E-state index contributed by atoms with van der Waals surface area (Å²) in [7, 11) is 0. The topological polar surface area (TPSA) is 152 Å². The van der Waals surface area contributed by atoms with Gasteiger partial charge in [0.1, 0.15) is 5.75 Å². The number of aliphatic carboxylic acids is 2. The molecule has 0 spiro atoms. The second-order valence-electron chi connectivity index (χ2n) is 3.34. The summed E-state index contributed by atoms with van der Waals surface area (Å²) in [4.78, 5) is 28.4. The van der Waals surface area contributed by atoms with Crippen molar-refractivity contribution in [2.75, 3.05) is 0 Å². The van der Waals surface area contributed by atoms with Crippen LogP contribution in [0.25, 0.3) is 0 Å². The SMILES string of the molecule is CC(=O)O.CC(=O)O.O=C(O)c1ccc(O)c(CO)c1. The molecule has 0 saturated heterocycles. The fourth-order valence-corrected chi connectivity index (χ4v) is 0.845. The van der Waals surface area contributed by atoms with E-state index in [1.807, 2.05) is 0 Å². The molecule has 0 amide bonds. The third kappa shape index (κ3) is 11.9. The number of benzene rings is 1. The molecule has 112 valence electrons. The van der Waals surface area contributed by atoms with E-state index in [1.54, 1.807) is 0 Å². The molecule has 0 radical (unpaired) electrons. The Morgan fingerprint density at radius 3 is 1.70 bits per heavy atom. The van der Waals surface area contributed by atoms with Crippen LogP contribution in [-0.2, 0) is 16.2 Å². The highest BCUT2D eigenvalue weighted by molar-refractivity contribution is 5.88. The Morgan fingerprint density at radius 1 is 1.00 bits per heavy atom. The molecule has 8 nitrogen and oxygen atoms in total. The number of hydrogen-bond donors (Lipinski definition) is 5. The van der Waals surface area contributed by atoms with E-state index >= 15 is 0 Å². The maximum absolute atomic E-state index is 10.4. The second kappa shape index (κ2) is 10.3. The molecular weight excluding hydrogens is 272 g/mol. The van der Waals surface area contributed by atoms with Gasteiger partial charge in [0, 0.05) is 19.4 Å². The lowest BCUT2D eigenvalue weighted by atomic mass is 10.1. The predicted octanol–water partition coefficient (Wildman–Crippen LogP) is 0.764. The molecule has 1 aromatic rings. The van der Waals surface area contributed by atoms with Gasteiger partial charge in [-0.3, -0.25) is 9.59 Å². The van der Waals surface area contributed by atoms with Crippen LogP contribution in [-0.4, -0.2) is 43.4 Å². The fraction of sp³-hybridized carbons (Fsp3) is 0.250. The summed E-state index contributed by atoms with van der Waals surface area (Å²) in [5.41, 5.74) is 0.270. The van der Waals surface area contributed by atoms with E-state index in [4.69, 9.17) is 35.1 Å². The minimum absolute atomic E-state index is 0.0526. The molecule has 1 rings (SSSR count). The Kier molecular flexibility index (Phi) is 10.2. The first-order valence-electron chi connectivity index (χ1n) is 5.16. The Morgan fingerprint density at radius 2 is 1.40 bits per heavy atom. The van der Waals surface area contributed by atoms with Gasteiger partial charge in [-0.25, -0.2) is 4.79 Å². The van der Waals surface area contributed by atoms with Gasteiger partial charge in [-0.15, -0.1) is 0 Å². The first kappa shape index (κ1) is 19.7. The summed E-state index contributed by atoms with van der Waals surface area (Å²) < 4.78 is 0. The predicted molar refractivity (Wildman–Crippen MR) is 67.6 cm³/mol. The average Bonchev–Trinajstić information content (AvgIpc) is 2.27. The van der Waals surface area contributed by atoms with Crippen molar-refractivity contribution in [1.29, 1.82) is 0 Å². The van der Waals surface area contributed by atoms with Crippen LogP contribution in [0.1, 0.15) is 29.8 Å². The molecule has 20 heavy (non-hydrogen) atoms. The van der Waals surface area contributed by atoms with Crippen LogP contribution in [0.3, 0.4) is 0 Å². The molecule has 0 aromatic heterocycles. The van der Waals surface area contributed by atoms with E-state index < -0.39 is 17.9 Å². The molecular formula is C12H16O8. The normalized spacial score (nSPS) is 8.35. The highest BCUT2D eigenvalue weighted by Gasteiger charge is 2.06. The van der Waals surface area contributed by atoms with Crippen LogP contribution in [0.4, 0.5) is 0 Å². The first-order chi connectivity index (χ1) is 9.11. The van der Waals surface area contributed by atoms with Gasteiger partial charge in [-0.2, -0.15) is 0 Å². The van der Waals surface area contributed by atoms with E-state index in [0.29, 0.717) is 0 Å². The molecule has 0 bridgehead atoms. The largest absolute Gasteiger partial charge is 0.508 e. The highest BCUT2D eigenvalue weighted by Crippen LogP contribution is 2.17.